The van der Waals surface area contributed by atoms with E-state index in [1.54, 1.807) is 0 Å². The lowest BCUT2D eigenvalue weighted by atomic mass is 9.81. The fourth-order valence-electron chi connectivity index (χ4n) is 10.0. The van der Waals surface area contributed by atoms with E-state index in [1.807, 2.05) is 0 Å². The van der Waals surface area contributed by atoms with Crippen LogP contribution in [0.25, 0.3) is 88.6 Å². The number of aryl methyl sites for hydroxylation is 1. The third-order valence-corrected chi connectivity index (χ3v) is 13.2. The molecule has 0 bridgehead atoms. The van der Waals surface area contributed by atoms with Gasteiger partial charge >= 0.3 is 0 Å². The maximum atomic E-state index is 5.61. The van der Waals surface area contributed by atoms with Gasteiger partial charge in [-0.2, -0.15) is 0 Å². The molecule has 0 atom stereocenters. The molecule has 9 aromatic rings. The first-order chi connectivity index (χ1) is 27.7. The maximum Gasteiger partial charge on any atom is 0.0794 e. The van der Waals surface area contributed by atoms with E-state index in [-0.39, 0.29) is 10.8 Å². The van der Waals surface area contributed by atoms with Crippen LogP contribution in [0.3, 0.4) is 0 Å². The summed E-state index contributed by atoms with van der Waals surface area (Å²) >= 11 is 0. The van der Waals surface area contributed by atoms with E-state index in [0.29, 0.717) is 0 Å². The van der Waals surface area contributed by atoms with Crippen LogP contribution in [0.1, 0.15) is 55.5 Å². The van der Waals surface area contributed by atoms with Crippen LogP contribution in [-0.2, 0) is 10.8 Å². The van der Waals surface area contributed by atoms with Crippen LogP contribution < -0.4 is 0 Å². The van der Waals surface area contributed by atoms with Gasteiger partial charge in [-0.05, 0) is 114 Å². The van der Waals surface area contributed by atoms with Gasteiger partial charge in [0.05, 0.1) is 11.2 Å². The number of hydrogen-bond donors (Lipinski definition) is 0. The highest BCUT2D eigenvalue weighted by atomic mass is 14.7. The first-order valence-corrected chi connectivity index (χ1v) is 20.2. The summed E-state index contributed by atoms with van der Waals surface area (Å²) in [6.07, 6.45) is 0. The van der Waals surface area contributed by atoms with Crippen molar-refractivity contribution in [3.63, 3.8) is 0 Å². The van der Waals surface area contributed by atoms with Crippen LogP contribution in [0, 0.1) is 6.92 Å². The van der Waals surface area contributed by atoms with Gasteiger partial charge in [0.25, 0.3) is 0 Å². The van der Waals surface area contributed by atoms with Crippen molar-refractivity contribution in [2.45, 2.75) is 45.4 Å². The minimum atomic E-state index is -0.106. The second-order valence-corrected chi connectivity index (χ2v) is 17.2. The molecule has 1 heteroatoms. The first-order valence-electron chi connectivity index (χ1n) is 20.2. The first kappa shape index (κ1) is 33.7. The number of aromatic nitrogens is 1. The summed E-state index contributed by atoms with van der Waals surface area (Å²) in [4.78, 5) is 5.61. The third-order valence-electron chi connectivity index (χ3n) is 13.2. The fourth-order valence-corrected chi connectivity index (χ4v) is 10.0. The summed E-state index contributed by atoms with van der Waals surface area (Å²) < 4.78 is 0. The molecule has 0 saturated heterocycles. The molecule has 0 unspecified atom stereocenters. The Morgan fingerprint density at radius 3 is 1.42 bits per heavy atom. The van der Waals surface area contributed by atoms with E-state index in [0.717, 1.165) is 22.2 Å². The molecule has 0 N–H and O–H groups in total. The van der Waals surface area contributed by atoms with Crippen molar-refractivity contribution in [3.05, 3.63) is 198 Å². The fraction of sp³-hybridized carbons (Fsp3) is 0.125. The summed E-state index contributed by atoms with van der Waals surface area (Å²) in [5.74, 6) is 0. The van der Waals surface area contributed by atoms with Crippen LogP contribution in [0.15, 0.2) is 170 Å². The van der Waals surface area contributed by atoms with E-state index in [9.17, 15) is 0 Å². The van der Waals surface area contributed by atoms with Crippen molar-refractivity contribution in [2.24, 2.45) is 0 Å². The van der Waals surface area contributed by atoms with Gasteiger partial charge in [-0.1, -0.05) is 179 Å². The van der Waals surface area contributed by atoms with Gasteiger partial charge in [0.2, 0.25) is 0 Å². The SMILES string of the molecule is Cc1ccc(-c2ccc(-c3cc4c(-c5ccc6c(c5)C(C)(C)c5ccccc5-6)cc(-c5ccc6c(c5)C(C)(C)c5ccccc5-6)nc4c4ccccc34)cc2)cc1. The summed E-state index contributed by atoms with van der Waals surface area (Å²) in [6.45, 7) is 11.6. The zero-order valence-electron chi connectivity index (χ0n) is 33.1. The molecule has 2 aliphatic rings. The Hall–Kier alpha value is -6.57. The maximum absolute atomic E-state index is 5.61. The lowest BCUT2D eigenvalue weighted by molar-refractivity contribution is 0.660. The zero-order chi connectivity index (χ0) is 38.6. The van der Waals surface area contributed by atoms with Crippen LogP contribution in [-0.4, -0.2) is 4.98 Å². The Balaban J connectivity index is 1.15. The number of rotatable bonds is 4. The highest BCUT2D eigenvalue weighted by Gasteiger charge is 2.37. The average molecular weight is 730 g/mol. The molecule has 0 aliphatic heterocycles. The largest absolute Gasteiger partial charge is 0.247 e. The average Bonchev–Trinajstić information content (AvgIpc) is 3.62. The van der Waals surface area contributed by atoms with Gasteiger partial charge in [-0.15, -0.1) is 0 Å². The number of benzene rings is 8. The van der Waals surface area contributed by atoms with Gasteiger partial charge in [0, 0.05) is 27.2 Å². The monoisotopic (exact) mass is 729 g/mol. The number of nitrogens with zero attached hydrogens (tertiary/aromatic N) is 1. The molecule has 2 aliphatic carbocycles. The van der Waals surface area contributed by atoms with Crippen molar-refractivity contribution in [3.8, 4) is 66.9 Å². The molecule has 1 nitrogen and oxygen atoms in total. The quantitative estimate of drug-likeness (QED) is 0.164. The van der Waals surface area contributed by atoms with E-state index >= 15 is 0 Å². The van der Waals surface area contributed by atoms with E-state index in [4.69, 9.17) is 4.98 Å². The van der Waals surface area contributed by atoms with Crippen LogP contribution in [0.2, 0.25) is 0 Å². The van der Waals surface area contributed by atoms with Crippen molar-refractivity contribution < 1.29 is 0 Å². The molecule has 1 heterocycles. The molecular formula is C56H43N. The van der Waals surface area contributed by atoms with Gasteiger partial charge in [-0.25, -0.2) is 4.98 Å². The molecule has 272 valence electrons. The molecule has 0 spiro atoms. The second-order valence-electron chi connectivity index (χ2n) is 17.2. The number of pyridine rings is 1. The van der Waals surface area contributed by atoms with E-state index in [2.05, 4.69) is 204 Å². The Bertz CT molecular complexity index is 3100. The minimum absolute atomic E-state index is 0.0984. The molecular weight excluding hydrogens is 687 g/mol. The normalized spacial score (nSPS) is 14.3. The second kappa shape index (κ2) is 12.2. The lowest BCUT2D eigenvalue weighted by Crippen LogP contribution is -2.15. The van der Waals surface area contributed by atoms with Crippen LogP contribution in [0.5, 0.6) is 0 Å². The van der Waals surface area contributed by atoms with E-state index in [1.165, 1.54) is 94.2 Å². The Labute approximate surface area is 335 Å². The van der Waals surface area contributed by atoms with Crippen molar-refractivity contribution >= 4 is 21.7 Å². The van der Waals surface area contributed by atoms with Gasteiger partial charge in [0.15, 0.2) is 0 Å². The Morgan fingerprint density at radius 1 is 0.333 bits per heavy atom. The van der Waals surface area contributed by atoms with Crippen LogP contribution in [0.4, 0.5) is 0 Å². The molecule has 1 aromatic heterocycles. The molecule has 11 rings (SSSR count). The minimum Gasteiger partial charge on any atom is -0.247 e. The predicted molar refractivity (Wildman–Crippen MR) is 241 cm³/mol. The third kappa shape index (κ3) is 5.05. The summed E-state index contributed by atoms with van der Waals surface area (Å²) in [6, 6.07) is 63.4. The molecule has 0 fully saturated rings. The van der Waals surface area contributed by atoms with Crippen molar-refractivity contribution in [2.75, 3.05) is 0 Å². The highest BCUT2D eigenvalue weighted by molar-refractivity contribution is 6.16. The standard InChI is InChI=1S/C56H43N/c1-34-18-20-35(21-19-34)36-22-24-37(25-23-36)46-32-48-47(38-26-28-43-41-13-8-10-16-49(41)55(2,3)51(43)30-38)33-53(57-54(48)45-15-7-6-12-40(45)46)39-27-29-44-42-14-9-11-17-50(42)56(4,5)52(44)31-39/h6-33H,1-5H3. The van der Waals surface area contributed by atoms with Gasteiger partial charge < -0.3 is 0 Å². The molecule has 57 heavy (non-hydrogen) atoms. The molecule has 0 amide bonds. The van der Waals surface area contributed by atoms with Crippen molar-refractivity contribution in [1.82, 2.24) is 4.98 Å². The zero-order valence-corrected chi connectivity index (χ0v) is 33.1. The van der Waals surface area contributed by atoms with Gasteiger partial charge in [0.1, 0.15) is 0 Å². The topological polar surface area (TPSA) is 12.9 Å². The Kier molecular flexibility index (Phi) is 7.23. The van der Waals surface area contributed by atoms with E-state index < -0.39 is 0 Å². The lowest BCUT2D eigenvalue weighted by Gasteiger charge is -2.23. The van der Waals surface area contributed by atoms with Crippen LogP contribution >= 0.6 is 0 Å². The molecule has 0 radical (unpaired) electrons. The van der Waals surface area contributed by atoms with Crippen molar-refractivity contribution in [1.29, 1.82) is 0 Å². The number of hydrogen-bond acceptors (Lipinski definition) is 1. The smallest absolute Gasteiger partial charge is 0.0794 e. The Morgan fingerprint density at radius 2 is 0.789 bits per heavy atom. The molecule has 0 saturated carbocycles. The summed E-state index contributed by atoms with van der Waals surface area (Å²) in [7, 11) is 0. The predicted octanol–water partition coefficient (Wildman–Crippen LogP) is 15.0. The molecule has 8 aromatic carbocycles. The highest BCUT2D eigenvalue weighted by Crippen LogP contribution is 2.52. The summed E-state index contributed by atoms with van der Waals surface area (Å²) in [5, 5.41) is 3.54. The number of fused-ring (bicyclic) bond motifs is 9. The van der Waals surface area contributed by atoms with Gasteiger partial charge in [-0.3, -0.25) is 0 Å². The summed E-state index contributed by atoms with van der Waals surface area (Å²) in [5.41, 5.74) is 22.4.